The molecule has 1 aromatic carbocycles. The maximum atomic E-state index is 12.1. The largest absolute Gasteiger partial charge is 0.456 e. The molecule has 3 atom stereocenters. The molecule has 3 nitrogen and oxygen atoms in total. The summed E-state index contributed by atoms with van der Waals surface area (Å²) in [6.07, 6.45) is 8.04. The number of carbonyl (C=O) groups is 1. The average molecular weight is 288 g/mol. The number of rotatable bonds is 6. The molecule has 3 heteroatoms. The Bertz CT molecular complexity index is 467. The summed E-state index contributed by atoms with van der Waals surface area (Å²) in [6.45, 7) is 4.15. The lowest BCUT2D eigenvalue weighted by Crippen LogP contribution is -2.27. The molecule has 0 N–H and O–H groups in total. The van der Waals surface area contributed by atoms with E-state index in [1.165, 1.54) is 0 Å². The van der Waals surface area contributed by atoms with Crippen molar-refractivity contribution in [2.45, 2.75) is 57.8 Å². The van der Waals surface area contributed by atoms with E-state index in [-0.39, 0.29) is 24.3 Å². The highest BCUT2D eigenvalue weighted by molar-refractivity contribution is 5.89. The first-order chi connectivity index (χ1) is 10.2. The Balaban J connectivity index is 1.90. The molecular formula is C18H24O3. The van der Waals surface area contributed by atoms with Crippen LogP contribution in [0.3, 0.4) is 0 Å². The molecular weight excluding hydrogens is 264 g/mol. The number of allylic oxidation sites excluding steroid dienone is 2. The molecule has 0 unspecified atom stereocenters. The van der Waals surface area contributed by atoms with Crippen molar-refractivity contribution in [3.8, 4) is 0 Å². The lowest BCUT2D eigenvalue weighted by atomic mass is 10.1. The number of benzene rings is 1. The molecule has 1 heterocycles. The molecule has 1 aliphatic rings. The van der Waals surface area contributed by atoms with Crippen molar-refractivity contribution in [3.05, 3.63) is 48.0 Å². The van der Waals surface area contributed by atoms with Crippen molar-refractivity contribution in [1.82, 2.24) is 0 Å². The van der Waals surface area contributed by atoms with E-state index in [4.69, 9.17) is 9.47 Å². The summed E-state index contributed by atoms with van der Waals surface area (Å²) in [5, 5.41) is 0. The van der Waals surface area contributed by atoms with E-state index in [9.17, 15) is 4.79 Å². The normalized spacial score (nSPS) is 25.3. The second-order valence-corrected chi connectivity index (χ2v) is 5.49. The summed E-state index contributed by atoms with van der Waals surface area (Å²) in [6, 6.07) is 9.14. The smallest absolute Gasteiger partial charge is 0.338 e. The van der Waals surface area contributed by atoms with Crippen LogP contribution in [0.25, 0.3) is 0 Å². The molecule has 0 bridgehead atoms. The number of carbonyl (C=O) groups excluding carboxylic acids is 1. The zero-order chi connectivity index (χ0) is 15.1. The van der Waals surface area contributed by atoms with Crippen LogP contribution in [0.5, 0.6) is 0 Å². The van der Waals surface area contributed by atoms with Gasteiger partial charge in [0, 0.05) is 6.42 Å². The molecule has 1 saturated heterocycles. The first kappa shape index (κ1) is 15.8. The summed E-state index contributed by atoms with van der Waals surface area (Å²) >= 11 is 0. The minimum absolute atomic E-state index is 0.00849. The lowest BCUT2D eigenvalue weighted by molar-refractivity contribution is -0.0114. The van der Waals surface area contributed by atoms with Crippen molar-refractivity contribution >= 4 is 5.97 Å². The maximum absolute atomic E-state index is 12.1. The second-order valence-electron chi connectivity index (χ2n) is 5.49. The topological polar surface area (TPSA) is 35.5 Å². The zero-order valence-corrected chi connectivity index (χ0v) is 12.8. The molecule has 1 aromatic rings. The van der Waals surface area contributed by atoms with Crippen molar-refractivity contribution in [2.75, 3.05) is 0 Å². The molecule has 114 valence electrons. The van der Waals surface area contributed by atoms with E-state index < -0.39 is 0 Å². The highest BCUT2D eigenvalue weighted by atomic mass is 16.6. The number of hydrogen-bond acceptors (Lipinski definition) is 3. The Morgan fingerprint density at radius 2 is 2.10 bits per heavy atom. The Morgan fingerprint density at radius 3 is 2.81 bits per heavy atom. The molecule has 0 aliphatic carbocycles. The molecule has 0 saturated carbocycles. The summed E-state index contributed by atoms with van der Waals surface area (Å²) in [5.41, 5.74) is 0.599. The number of ether oxygens (including phenoxy) is 2. The molecule has 0 aromatic heterocycles. The first-order valence-electron chi connectivity index (χ1n) is 7.77. The predicted octanol–water partition coefficient (Wildman–Crippen LogP) is 4.14. The van der Waals surface area contributed by atoms with Crippen molar-refractivity contribution in [3.63, 3.8) is 0 Å². The van der Waals surface area contributed by atoms with Gasteiger partial charge in [-0.3, -0.25) is 0 Å². The SMILES string of the molecule is CC/C=C\CC[C@@H]1O[C@H](C)C[C@H]1OC(=O)c1ccccc1. The summed E-state index contributed by atoms with van der Waals surface area (Å²) in [4.78, 5) is 12.1. The van der Waals surface area contributed by atoms with E-state index in [0.717, 1.165) is 25.7 Å². The van der Waals surface area contributed by atoms with Gasteiger partial charge in [-0.05, 0) is 38.3 Å². The van der Waals surface area contributed by atoms with Gasteiger partial charge in [0.2, 0.25) is 0 Å². The van der Waals surface area contributed by atoms with Gasteiger partial charge < -0.3 is 9.47 Å². The lowest BCUT2D eigenvalue weighted by Gasteiger charge is -2.18. The molecule has 1 fully saturated rings. The average Bonchev–Trinajstić information content (AvgIpc) is 2.84. The Labute approximate surface area is 127 Å². The van der Waals surface area contributed by atoms with Crippen molar-refractivity contribution in [2.24, 2.45) is 0 Å². The first-order valence-corrected chi connectivity index (χ1v) is 7.77. The van der Waals surface area contributed by atoms with Crippen molar-refractivity contribution < 1.29 is 14.3 Å². The molecule has 1 aliphatic heterocycles. The van der Waals surface area contributed by atoms with Gasteiger partial charge in [-0.25, -0.2) is 4.79 Å². The van der Waals surface area contributed by atoms with E-state index in [0.29, 0.717) is 5.56 Å². The van der Waals surface area contributed by atoms with Crippen LogP contribution < -0.4 is 0 Å². The Kier molecular flexibility index (Phi) is 6.00. The quantitative estimate of drug-likeness (QED) is 0.583. The zero-order valence-electron chi connectivity index (χ0n) is 12.8. The van der Waals surface area contributed by atoms with Crippen LogP contribution in [0.2, 0.25) is 0 Å². The number of esters is 1. The third-order valence-corrected chi connectivity index (χ3v) is 3.67. The summed E-state index contributed by atoms with van der Waals surface area (Å²) in [7, 11) is 0. The van der Waals surface area contributed by atoms with E-state index in [1.807, 2.05) is 25.1 Å². The molecule has 0 spiro atoms. The van der Waals surface area contributed by atoms with Crippen LogP contribution in [0.15, 0.2) is 42.5 Å². The fourth-order valence-corrected chi connectivity index (χ4v) is 2.62. The molecule has 0 amide bonds. The van der Waals surface area contributed by atoms with E-state index in [1.54, 1.807) is 12.1 Å². The van der Waals surface area contributed by atoms with Crippen LogP contribution in [0, 0.1) is 0 Å². The standard InChI is InChI=1S/C18H24O3/c1-3-4-5-9-12-16-17(13-14(2)20-16)21-18(19)15-10-7-6-8-11-15/h4-8,10-11,14,16-17H,3,9,12-13H2,1-2H3/b5-4-/t14-,16+,17-/m1/s1. The summed E-state index contributed by atoms with van der Waals surface area (Å²) < 4.78 is 11.5. The minimum atomic E-state index is -0.257. The van der Waals surface area contributed by atoms with Crippen LogP contribution in [0.4, 0.5) is 0 Å². The van der Waals surface area contributed by atoms with Gasteiger partial charge in [-0.1, -0.05) is 37.3 Å². The Hall–Kier alpha value is -1.61. The van der Waals surface area contributed by atoms with Crippen LogP contribution in [0.1, 0.15) is 49.9 Å². The molecule has 2 rings (SSSR count). The van der Waals surface area contributed by atoms with E-state index in [2.05, 4.69) is 19.1 Å². The van der Waals surface area contributed by atoms with Crippen LogP contribution in [-0.4, -0.2) is 24.3 Å². The predicted molar refractivity (Wildman–Crippen MR) is 83.3 cm³/mol. The minimum Gasteiger partial charge on any atom is -0.456 e. The molecule has 21 heavy (non-hydrogen) atoms. The maximum Gasteiger partial charge on any atom is 0.338 e. The molecule has 0 radical (unpaired) electrons. The monoisotopic (exact) mass is 288 g/mol. The second kappa shape index (κ2) is 7.99. The summed E-state index contributed by atoms with van der Waals surface area (Å²) in [5.74, 6) is -0.257. The van der Waals surface area contributed by atoms with Gasteiger partial charge in [0.1, 0.15) is 6.10 Å². The Morgan fingerprint density at radius 1 is 1.33 bits per heavy atom. The van der Waals surface area contributed by atoms with Gasteiger partial charge in [-0.2, -0.15) is 0 Å². The van der Waals surface area contributed by atoms with Gasteiger partial charge >= 0.3 is 5.97 Å². The van der Waals surface area contributed by atoms with Gasteiger partial charge in [0.15, 0.2) is 0 Å². The fraction of sp³-hybridized carbons (Fsp3) is 0.500. The third-order valence-electron chi connectivity index (χ3n) is 3.67. The van der Waals surface area contributed by atoms with Gasteiger partial charge in [0.05, 0.1) is 17.8 Å². The van der Waals surface area contributed by atoms with Gasteiger partial charge in [-0.15, -0.1) is 0 Å². The fourth-order valence-electron chi connectivity index (χ4n) is 2.62. The van der Waals surface area contributed by atoms with E-state index >= 15 is 0 Å². The van der Waals surface area contributed by atoms with Crippen LogP contribution in [-0.2, 0) is 9.47 Å². The van der Waals surface area contributed by atoms with Crippen molar-refractivity contribution in [1.29, 1.82) is 0 Å². The highest BCUT2D eigenvalue weighted by Gasteiger charge is 2.35. The third kappa shape index (κ3) is 4.71. The van der Waals surface area contributed by atoms with Gasteiger partial charge in [0.25, 0.3) is 0 Å². The highest BCUT2D eigenvalue weighted by Crippen LogP contribution is 2.27. The van der Waals surface area contributed by atoms with Crippen LogP contribution >= 0.6 is 0 Å². The number of hydrogen-bond donors (Lipinski definition) is 0.